The molecule has 0 aromatic heterocycles. The summed E-state index contributed by atoms with van der Waals surface area (Å²) in [7, 11) is 0. The van der Waals surface area contributed by atoms with Crippen LogP contribution in [0.2, 0.25) is 10.0 Å². The summed E-state index contributed by atoms with van der Waals surface area (Å²) in [6.45, 7) is 7.74. The molecular weight excluding hydrogens is 263 g/mol. The van der Waals surface area contributed by atoms with Gasteiger partial charge in [0.25, 0.3) is 0 Å². The van der Waals surface area contributed by atoms with E-state index in [4.69, 9.17) is 23.2 Å². The van der Waals surface area contributed by atoms with Gasteiger partial charge in [0.2, 0.25) is 0 Å². The first-order chi connectivity index (χ1) is 7.56. The van der Waals surface area contributed by atoms with Gasteiger partial charge in [0, 0.05) is 15.6 Å². The van der Waals surface area contributed by atoms with Gasteiger partial charge in [0.05, 0.1) is 10.1 Å². The SMILES string of the molecule is C=C1NC(c2ccc(Cl)cc2Cl)NC(=C)S1. The number of halogens is 2. The Balaban J connectivity index is 2.29. The highest BCUT2D eigenvalue weighted by molar-refractivity contribution is 8.06. The fraction of sp³-hybridized carbons (Fsp3) is 0.0909. The summed E-state index contributed by atoms with van der Waals surface area (Å²) in [6.07, 6.45) is -0.106. The molecule has 1 fully saturated rings. The van der Waals surface area contributed by atoms with Gasteiger partial charge in [-0.3, -0.25) is 0 Å². The predicted octanol–water partition coefficient (Wildman–Crippen LogP) is 3.86. The molecule has 0 amide bonds. The van der Waals surface area contributed by atoms with E-state index in [-0.39, 0.29) is 6.17 Å². The molecule has 1 aliphatic heterocycles. The van der Waals surface area contributed by atoms with Gasteiger partial charge in [-0.25, -0.2) is 0 Å². The Morgan fingerprint density at radius 1 is 1.12 bits per heavy atom. The fourth-order valence-corrected chi connectivity index (χ4v) is 2.63. The van der Waals surface area contributed by atoms with Crippen molar-refractivity contribution < 1.29 is 0 Å². The lowest BCUT2D eigenvalue weighted by Gasteiger charge is -2.30. The molecule has 2 nitrogen and oxygen atoms in total. The van der Waals surface area contributed by atoms with Crippen LogP contribution < -0.4 is 10.6 Å². The van der Waals surface area contributed by atoms with Gasteiger partial charge in [-0.1, -0.05) is 54.2 Å². The van der Waals surface area contributed by atoms with Crippen molar-refractivity contribution in [1.29, 1.82) is 0 Å². The molecule has 5 heteroatoms. The molecule has 16 heavy (non-hydrogen) atoms. The van der Waals surface area contributed by atoms with Gasteiger partial charge in [0.1, 0.15) is 6.17 Å². The zero-order valence-corrected chi connectivity index (χ0v) is 10.7. The summed E-state index contributed by atoms with van der Waals surface area (Å²) in [6, 6.07) is 5.40. The topological polar surface area (TPSA) is 24.1 Å². The Kier molecular flexibility index (Phi) is 3.38. The summed E-state index contributed by atoms with van der Waals surface area (Å²) >= 11 is 13.4. The van der Waals surface area contributed by atoms with Crippen molar-refractivity contribution in [3.63, 3.8) is 0 Å². The van der Waals surface area contributed by atoms with E-state index in [1.807, 2.05) is 6.07 Å². The largest absolute Gasteiger partial charge is 0.356 e. The molecule has 0 bridgehead atoms. The normalized spacial score (nSPS) is 16.9. The second kappa shape index (κ2) is 4.62. The minimum Gasteiger partial charge on any atom is -0.356 e. The summed E-state index contributed by atoms with van der Waals surface area (Å²) in [5, 5.41) is 9.32. The monoisotopic (exact) mass is 272 g/mol. The third-order valence-corrected chi connectivity index (χ3v) is 3.42. The molecule has 84 valence electrons. The summed E-state index contributed by atoms with van der Waals surface area (Å²) < 4.78 is 0. The maximum absolute atomic E-state index is 6.13. The molecule has 2 rings (SSSR count). The number of nitrogens with one attached hydrogen (secondary N) is 2. The average Bonchev–Trinajstić information content (AvgIpc) is 2.15. The van der Waals surface area contributed by atoms with Crippen molar-refractivity contribution in [2.24, 2.45) is 0 Å². The number of rotatable bonds is 1. The molecule has 2 N–H and O–H groups in total. The van der Waals surface area contributed by atoms with Crippen LogP contribution >= 0.6 is 35.0 Å². The molecule has 1 aromatic carbocycles. The molecule has 0 saturated carbocycles. The quantitative estimate of drug-likeness (QED) is 0.812. The van der Waals surface area contributed by atoms with Crippen molar-refractivity contribution in [2.75, 3.05) is 0 Å². The van der Waals surface area contributed by atoms with E-state index in [0.717, 1.165) is 15.6 Å². The van der Waals surface area contributed by atoms with Crippen molar-refractivity contribution in [3.05, 3.63) is 57.0 Å². The van der Waals surface area contributed by atoms with Gasteiger partial charge in [-0.15, -0.1) is 0 Å². The highest BCUT2D eigenvalue weighted by atomic mass is 35.5. The van der Waals surface area contributed by atoms with Gasteiger partial charge in [-0.05, 0) is 12.1 Å². The summed E-state index contributed by atoms with van der Waals surface area (Å²) in [5.74, 6) is 0. The van der Waals surface area contributed by atoms with E-state index in [0.29, 0.717) is 10.0 Å². The number of hydrogen-bond donors (Lipinski definition) is 2. The van der Waals surface area contributed by atoms with Gasteiger partial charge in [0.15, 0.2) is 0 Å². The number of thioether (sulfide) groups is 1. The second-order valence-electron chi connectivity index (χ2n) is 3.34. The molecule has 1 aliphatic rings. The van der Waals surface area contributed by atoms with E-state index in [1.165, 1.54) is 11.8 Å². The van der Waals surface area contributed by atoms with E-state index in [9.17, 15) is 0 Å². The van der Waals surface area contributed by atoms with Crippen LogP contribution in [0.15, 0.2) is 41.4 Å². The molecule has 1 aromatic rings. The first-order valence-corrected chi connectivity index (χ1v) is 6.17. The highest BCUT2D eigenvalue weighted by Gasteiger charge is 2.20. The lowest BCUT2D eigenvalue weighted by atomic mass is 10.1. The number of hydrogen-bond acceptors (Lipinski definition) is 3. The minimum atomic E-state index is -0.106. The third-order valence-electron chi connectivity index (χ3n) is 2.13. The molecule has 0 aliphatic carbocycles. The van der Waals surface area contributed by atoms with Crippen LogP contribution in [0.3, 0.4) is 0 Å². The smallest absolute Gasteiger partial charge is 0.125 e. The van der Waals surface area contributed by atoms with E-state index >= 15 is 0 Å². The first-order valence-electron chi connectivity index (χ1n) is 4.60. The van der Waals surface area contributed by atoms with Crippen LogP contribution in [-0.4, -0.2) is 0 Å². The lowest BCUT2D eigenvalue weighted by molar-refractivity contribution is 0.547. The molecule has 1 saturated heterocycles. The third kappa shape index (κ3) is 2.48. The van der Waals surface area contributed by atoms with Gasteiger partial charge >= 0.3 is 0 Å². The van der Waals surface area contributed by atoms with Crippen molar-refractivity contribution in [1.82, 2.24) is 10.6 Å². The summed E-state index contributed by atoms with van der Waals surface area (Å²) in [5.41, 5.74) is 0.925. The summed E-state index contributed by atoms with van der Waals surface area (Å²) in [4.78, 5) is 0. The van der Waals surface area contributed by atoms with Crippen LogP contribution in [0.1, 0.15) is 11.7 Å². The van der Waals surface area contributed by atoms with Crippen LogP contribution in [0.4, 0.5) is 0 Å². The van der Waals surface area contributed by atoms with Crippen LogP contribution in [-0.2, 0) is 0 Å². The van der Waals surface area contributed by atoms with Crippen LogP contribution in [0.5, 0.6) is 0 Å². The van der Waals surface area contributed by atoms with Crippen molar-refractivity contribution in [3.8, 4) is 0 Å². The molecule has 0 radical (unpaired) electrons. The minimum absolute atomic E-state index is 0.106. The highest BCUT2D eigenvalue weighted by Crippen LogP contribution is 2.32. The standard InChI is InChI=1S/C11H10Cl2N2S/c1-6-14-11(15-7(2)16-6)9-4-3-8(12)5-10(9)13/h3-5,11,14-15H,1-2H2. The zero-order chi connectivity index (χ0) is 11.7. The Bertz CT molecular complexity index is 443. The molecule has 0 unspecified atom stereocenters. The van der Waals surface area contributed by atoms with Crippen LogP contribution in [0, 0.1) is 0 Å². The van der Waals surface area contributed by atoms with Crippen molar-refractivity contribution >= 4 is 35.0 Å². The first kappa shape index (κ1) is 11.7. The zero-order valence-electron chi connectivity index (χ0n) is 8.39. The molecular formula is C11H10Cl2N2S. The molecule has 0 atom stereocenters. The van der Waals surface area contributed by atoms with Gasteiger partial charge in [-0.2, -0.15) is 0 Å². The Hall–Kier alpha value is -0.770. The molecule has 1 heterocycles. The lowest BCUT2D eigenvalue weighted by Crippen LogP contribution is -2.35. The van der Waals surface area contributed by atoms with E-state index in [2.05, 4.69) is 23.8 Å². The van der Waals surface area contributed by atoms with Crippen molar-refractivity contribution in [2.45, 2.75) is 6.17 Å². The Morgan fingerprint density at radius 3 is 2.31 bits per heavy atom. The molecule has 0 spiro atoms. The maximum Gasteiger partial charge on any atom is 0.125 e. The predicted molar refractivity (Wildman–Crippen MR) is 71.3 cm³/mol. The maximum atomic E-state index is 6.13. The fourth-order valence-electron chi connectivity index (χ4n) is 1.46. The Labute approximate surface area is 109 Å². The van der Waals surface area contributed by atoms with Gasteiger partial charge < -0.3 is 10.6 Å². The second-order valence-corrected chi connectivity index (χ2v) is 5.37. The van der Waals surface area contributed by atoms with E-state index < -0.39 is 0 Å². The Morgan fingerprint density at radius 2 is 1.75 bits per heavy atom. The average molecular weight is 273 g/mol. The van der Waals surface area contributed by atoms with E-state index in [1.54, 1.807) is 12.1 Å². The van der Waals surface area contributed by atoms with Crippen LogP contribution in [0.25, 0.3) is 0 Å². The number of benzene rings is 1.